The molecule has 0 spiro atoms. The highest BCUT2D eigenvalue weighted by Crippen LogP contribution is 2.26. The highest BCUT2D eigenvalue weighted by atomic mass is 16.6. The van der Waals surface area contributed by atoms with Gasteiger partial charge in [-0.25, -0.2) is 0 Å². The minimum atomic E-state index is -0.604. The van der Waals surface area contributed by atoms with Crippen molar-refractivity contribution in [3.05, 3.63) is 46.3 Å². The number of amides is 1. The van der Waals surface area contributed by atoms with Gasteiger partial charge in [-0.1, -0.05) is 0 Å². The van der Waals surface area contributed by atoms with Crippen molar-refractivity contribution < 1.29 is 9.72 Å². The van der Waals surface area contributed by atoms with Gasteiger partial charge in [0, 0.05) is 31.5 Å². The number of carbonyl (C=O) groups excluding carboxylic acids is 1. The molecule has 1 aromatic heterocycles. The Balaban J connectivity index is 1.76. The van der Waals surface area contributed by atoms with Crippen LogP contribution in [0.2, 0.25) is 0 Å². The van der Waals surface area contributed by atoms with Crippen molar-refractivity contribution in [2.24, 2.45) is 7.05 Å². The van der Waals surface area contributed by atoms with E-state index >= 15 is 0 Å². The summed E-state index contributed by atoms with van der Waals surface area (Å²) >= 11 is 0. The number of nitro groups is 1. The van der Waals surface area contributed by atoms with E-state index in [0.29, 0.717) is 18.7 Å². The van der Waals surface area contributed by atoms with Crippen molar-refractivity contribution in [3.8, 4) is 6.07 Å². The average Bonchev–Trinajstić information content (AvgIpc) is 3.13. The quantitative estimate of drug-likeness (QED) is 0.670. The molecule has 9 nitrogen and oxygen atoms in total. The molecule has 2 aromatic rings. The second kappa shape index (κ2) is 6.00. The summed E-state index contributed by atoms with van der Waals surface area (Å²) in [5, 5.41) is 27.0. The Morgan fingerprint density at radius 1 is 1.50 bits per heavy atom. The third-order valence-corrected chi connectivity index (χ3v) is 3.86. The maximum absolute atomic E-state index is 12.5. The van der Waals surface area contributed by atoms with Crippen LogP contribution in [0.3, 0.4) is 0 Å². The molecule has 1 fully saturated rings. The standard InChI is InChI=1S/C15H14N6O3/c1-19-9-12(8-17-19)20-5-4-13(15(20)22)18-11-2-3-14(21(23)24)10(6-11)7-16/h2-3,6,8-9,13,18H,4-5H2,1H3/t13-/m1/s1. The van der Waals surface area contributed by atoms with E-state index in [9.17, 15) is 14.9 Å². The van der Waals surface area contributed by atoms with Crippen LogP contribution >= 0.6 is 0 Å². The lowest BCUT2D eigenvalue weighted by Crippen LogP contribution is -2.33. The largest absolute Gasteiger partial charge is 0.374 e. The van der Waals surface area contributed by atoms with Crippen LogP contribution in [0.4, 0.5) is 17.1 Å². The molecule has 3 rings (SSSR count). The summed E-state index contributed by atoms with van der Waals surface area (Å²) in [7, 11) is 1.78. The van der Waals surface area contributed by atoms with Crippen LogP contribution in [0.15, 0.2) is 30.6 Å². The second-order valence-corrected chi connectivity index (χ2v) is 5.45. The van der Waals surface area contributed by atoms with Gasteiger partial charge >= 0.3 is 0 Å². The molecule has 1 aliphatic rings. The van der Waals surface area contributed by atoms with Crippen LogP contribution in [0.5, 0.6) is 0 Å². The molecule has 1 saturated heterocycles. The molecule has 9 heteroatoms. The summed E-state index contributed by atoms with van der Waals surface area (Å²) in [4.78, 5) is 24.4. The molecule has 24 heavy (non-hydrogen) atoms. The maximum Gasteiger partial charge on any atom is 0.287 e. The Labute approximate surface area is 137 Å². The van der Waals surface area contributed by atoms with Crippen molar-refractivity contribution in [1.82, 2.24) is 9.78 Å². The second-order valence-electron chi connectivity index (χ2n) is 5.45. The maximum atomic E-state index is 12.5. The minimum absolute atomic E-state index is 0.0421. The van der Waals surface area contributed by atoms with E-state index < -0.39 is 11.0 Å². The molecule has 2 heterocycles. The first kappa shape index (κ1) is 15.5. The fourth-order valence-electron chi connectivity index (χ4n) is 2.69. The van der Waals surface area contributed by atoms with Crippen molar-refractivity contribution >= 4 is 23.0 Å². The van der Waals surface area contributed by atoms with E-state index in [-0.39, 0.29) is 17.2 Å². The highest BCUT2D eigenvalue weighted by molar-refractivity contribution is 6.00. The summed E-state index contributed by atoms with van der Waals surface area (Å²) in [5.41, 5.74) is 0.939. The van der Waals surface area contributed by atoms with Gasteiger partial charge in [-0.15, -0.1) is 0 Å². The van der Waals surface area contributed by atoms with E-state index in [0.717, 1.165) is 5.69 Å². The highest BCUT2D eigenvalue weighted by Gasteiger charge is 2.33. The number of anilines is 2. The van der Waals surface area contributed by atoms with Gasteiger partial charge in [-0.05, 0) is 18.6 Å². The fraction of sp³-hybridized carbons (Fsp3) is 0.267. The first-order chi connectivity index (χ1) is 11.5. The van der Waals surface area contributed by atoms with Crippen molar-refractivity contribution in [3.63, 3.8) is 0 Å². The lowest BCUT2D eigenvalue weighted by molar-refractivity contribution is -0.385. The molecule has 1 aromatic carbocycles. The van der Waals surface area contributed by atoms with Crippen LogP contribution in [0.1, 0.15) is 12.0 Å². The van der Waals surface area contributed by atoms with Gasteiger partial charge in [0.1, 0.15) is 17.7 Å². The fourth-order valence-corrected chi connectivity index (χ4v) is 2.69. The minimum Gasteiger partial charge on any atom is -0.374 e. The van der Waals surface area contributed by atoms with Gasteiger partial charge in [-0.2, -0.15) is 10.4 Å². The molecule has 0 aliphatic carbocycles. The van der Waals surface area contributed by atoms with Gasteiger partial charge in [0.05, 0.1) is 16.8 Å². The van der Waals surface area contributed by atoms with E-state index in [2.05, 4.69) is 10.4 Å². The predicted octanol–water partition coefficient (Wildman–Crippen LogP) is 1.42. The zero-order valence-corrected chi connectivity index (χ0v) is 12.8. The Bertz CT molecular complexity index is 853. The number of nitrogens with zero attached hydrogens (tertiary/aromatic N) is 5. The Kier molecular flexibility index (Phi) is 3.87. The molecule has 0 unspecified atom stereocenters. The lowest BCUT2D eigenvalue weighted by Gasteiger charge is -2.16. The molecule has 1 amide bonds. The van der Waals surface area contributed by atoms with Gasteiger partial charge in [-0.3, -0.25) is 19.6 Å². The van der Waals surface area contributed by atoms with Gasteiger partial charge in [0.15, 0.2) is 0 Å². The normalized spacial score (nSPS) is 16.9. The molecule has 122 valence electrons. The number of rotatable bonds is 4. The first-order valence-corrected chi connectivity index (χ1v) is 7.24. The summed E-state index contributed by atoms with van der Waals surface area (Å²) in [6.07, 6.45) is 3.98. The third kappa shape index (κ3) is 2.77. The number of nitriles is 1. The number of carbonyl (C=O) groups is 1. The lowest BCUT2D eigenvalue weighted by atomic mass is 10.1. The van der Waals surface area contributed by atoms with Gasteiger partial charge in [0.25, 0.3) is 5.69 Å². The molecule has 0 saturated carbocycles. The number of benzene rings is 1. The van der Waals surface area contributed by atoms with Gasteiger partial charge in [0.2, 0.25) is 5.91 Å². The molecule has 0 bridgehead atoms. The van der Waals surface area contributed by atoms with Gasteiger partial charge < -0.3 is 10.2 Å². The zero-order chi connectivity index (χ0) is 17.3. The summed E-state index contributed by atoms with van der Waals surface area (Å²) in [5.74, 6) is -0.0974. The third-order valence-electron chi connectivity index (χ3n) is 3.86. The van der Waals surface area contributed by atoms with Crippen LogP contribution < -0.4 is 10.2 Å². The molecular weight excluding hydrogens is 312 g/mol. The Morgan fingerprint density at radius 2 is 2.29 bits per heavy atom. The number of hydrogen-bond acceptors (Lipinski definition) is 6. The van der Waals surface area contributed by atoms with E-state index in [4.69, 9.17) is 5.26 Å². The molecular formula is C15H14N6O3. The first-order valence-electron chi connectivity index (χ1n) is 7.24. The SMILES string of the molecule is Cn1cc(N2CC[C@@H](Nc3ccc([N+](=O)[O-])c(C#N)c3)C2=O)cn1. The number of nitro benzene ring substituents is 1. The summed E-state index contributed by atoms with van der Waals surface area (Å²) < 4.78 is 1.62. The van der Waals surface area contributed by atoms with Crippen molar-refractivity contribution in [1.29, 1.82) is 5.26 Å². The predicted molar refractivity (Wildman–Crippen MR) is 85.4 cm³/mol. The molecule has 1 atom stereocenters. The summed E-state index contributed by atoms with van der Waals surface area (Å²) in [6, 6.07) is 5.51. The smallest absolute Gasteiger partial charge is 0.287 e. The van der Waals surface area contributed by atoms with Crippen LogP contribution in [0.25, 0.3) is 0 Å². The number of hydrogen-bond donors (Lipinski definition) is 1. The topological polar surface area (TPSA) is 117 Å². The monoisotopic (exact) mass is 326 g/mol. The molecule has 1 aliphatic heterocycles. The Morgan fingerprint density at radius 3 is 2.92 bits per heavy atom. The number of aromatic nitrogens is 2. The summed E-state index contributed by atoms with van der Waals surface area (Å²) in [6.45, 7) is 0.556. The van der Waals surface area contributed by atoms with E-state index in [1.807, 2.05) is 0 Å². The van der Waals surface area contributed by atoms with Crippen molar-refractivity contribution in [2.75, 3.05) is 16.8 Å². The van der Waals surface area contributed by atoms with E-state index in [1.54, 1.807) is 35.1 Å². The van der Waals surface area contributed by atoms with Crippen LogP contribution in [-0.2, 0) is 11.8 Å². The molecule has 1 N–H and O–H groups in total. The van der Waals surface area contributed by atoms with Crippen molar-refractivity contribution in [2.45, 2.75) is 12.5 Å². The molecule has 0 radical (unpaired) electrons. The zero-order valence-electron chi connectivity index (χ0n) is 12.8. The van der Waals surface area contributed by atoms with Crippen LogP contribution in [-0.4, -0.2) is 33.2 Å². The Hall–Kier alpha value is -3.41. The van der Waals surface area contributed by atoms with Crippen LogP contribution in [0, 0.1) is 21.4 Å². The number of aryl methyl sites for hydroxylation is 1. The number of nitrogens with one attached hydrogen (secondary N) is 1. The van der Waals surface area contributed by atoms with E-state index in [1.165, 1.54) is 18.2 Å². The average molecular weight is 326 g/mol.